The first-order chi connectivity index (χ1) is 8.56. The molecule has 0 aliphatic rings. The summed E-state index contributed by atoms with van der Waals surface area (Å²) in [6, 6.07) is 1.91. The van der Waals surface area contributed by atoms with E-state index in [-0.39, 0.29) is 16.8 Å². The number of nitrogens with zero attached hydrogens (tertiary/aromatic N) is 2. The second kappa shape index (κ2) is 5.34. The number of anilines is 1. The van der Waals surface area contributed by atoms with Gasteiger partial charge in [0.25, 0.3) is 0 Å². The first-order valence-corrected chi connectivity index (χ1v) is 5.91. The highest BCUT2D eigenvalue weighted by Gasteiger charge is 2.10. The maximum atomic E-state index is 13.4. The van der Waals surface area contributed by atoms with E-state index in [0.717, 1.165) is 12.1 Å². The minimum absolute atomic E-state index is 0.0171. The van der Waals surface area contributed by atoms with E-state index in [0.29, 0.717) is 12.2 Å². The quantitative estimate of drug-likeness (QED) is 0.943. The molecule has 0 aliphatic carbocycles. The highest BCUT2D eigenvalue weighted by molar-refractivity contribution is 9.10. The Morgan fingerprint density at radius 3 is 2.78 bits per heavy atom. The molecule has 0 fully saturated rings. The molecule has 0 saturated carbocycles. The van der Waals surface area contributed by atoms with Crippen LogP contribution >= 0.6 is 15.9 Å². The predicted molar refractivity (Wildman–Crippen MR) is 66.2 cm³/mol. The predicted octanol–water partition coefficient (Wildman–Crippen LogP) is 2.59. The van der Waals surface area contributed by atoms with Crippen molar-refractivity contribution >= 4 is 21.6 Å². The third kappa shape index (κ3) is 2.98. The average Bonchev–Trinajstić information content (AvgIpc) is 2.68. The fourth-order valence-corrected chi connectivity index (χ4v) is 1.93. The van der Waals surface area contributed by atoms with E-state index in [1.165, 1.54) is 6.20 Å². The van der Waals surface area contributed by atoms with Gasteiger partial charge < -0.3 is 10.5 Å². The van der Waals surface area contributed by atoms with Gasteiger partial charge in [-0.05, 0) is 22.0 Å². The lowest BCUT2D eigenvalue weighted by Crippen LogP contribution is -2.09. The van der Waals surface area contributed by atoms with Crippen molar-refractivity contribution in [3.8, 4) is 5.75 Å². The maximum Gasteiger partial charge on any atom is 0.169 e. The molecule has 1 aromatic heterocycles. The smallest absolute Gasteiger partial charge is 0.169 e. The number of hydrogen-bond donors (Lipinski definition) is 1. The SMILES string of the molecule is Nc1cnn(CCOc2c(F)cc(F)cc2Br)c1. The molecule has 0 aliphatic heterocycles. The standard InChI is InChI=1S/C11H10BrF2N3O/c12-9-3-7(13)4-10(14)11(9)18-2-1-17-6-8(15)5-16-17/h3-6H,1-2,15H2. The molecule has 0 atom stereocenters. The first-order valence-electron chi connectivity index (χ1n) is 5.11. The number of nitrogen functional groups attached to an aromatic ring is 1. The van der Waals surface area contributed by atoms with Gasteiger partial charge in [-0.15, -0.1) is 0 Å². The Bertz CT molecular complexity index is 536. The molecular weight excluding hydrogens is 308 g/mol. The van der Waals surface area contributed by atoms with Gasteiger partial charge in [0.05, 0.1) is 22.9 Å². The van der Waals surface area contributed by atoms with E-state index >= 15 is 0 Å². The molecule has 0 amide bonds. The van der Waals surface area contributed by atoms with Crippen molar-refractivity contribution in [2.75, 3.05) is 12.3 Å². The minimum atomic E-state index is -0.748. The van der Waals surface area contributed by atoms with Crippen molar-refractivity contribution in [2.45, 2.75) is 6.54 Å². The van der Waals surface area contributed by atoms with Crippen LogP contribution in [-0.2, 0) is 6.54 Å². The largest absolute Gasteiger partial charge is 0.487 e. The van der Waals surface area contributed by atoms with Gasteiger partial charge in [0.2, 0.25) is 0 Å². The summed E-state index contributed by atoms with van der Waals surface area (Å²) >= 11 is 3.04. The van der Waals surface area contributed by atoms with Crippen molar-refractivity contribution in [3.63, 3.8) is 0 Å². The lowest BCUT2D eigenvalue weighted by atomic mass is 10.3. The molecule has 4 nitrogen and oxygen atoms in total. The van der Waals surface area contributed by atoms with Crippen LogP contribution in [-0.4, -0.2) is 16.4 Å². The van der Waals surface area contributed by atoms with Crippen molar-refractivity contribution in [1.29, 1.82) is 0 Å². The Morgan fingerprint density at radius 2 is 2.17 bits per heavy atom. The lowest BCUT2D eigenvalue weighted by Gasteiger charge is -2.09. The first kappa shape index (κ1) is 12.8. The molecule has 0 radical (unpaired) electrons. The van der Waals surface area contributed by atoms with E-state index < -0.39 is 11.6 Å². The molecule has 96 valence electrons. The Labute approximate surface area is 110 Å². The van der Waals surface area contributed by atoms with Gasteiger partial charge in [0.1, 0.15) is 12.4 Å². The minimum Gasteiger partial charge on any atom is -0.487 e. The second-order valence-corrected chi connectivity index (χ2v) is 4.44. The average molecular weight is 318 g/mol. The Morgan fingerprint density at radius 1 is 1.39 bits per heavy atom. The monoisotopic (exact) mass is 317 g/mol. The molecule has 0 bridgehead atoms. The van der Waals surface area contributed by atoms with Gasteiger partial charge in [-0.1, -0.05) is 0 Å². The third-order valence-electron chi connectivity index (χ3n) is 2.18. The summed E-state index contributed by atoms with van der Waals surface area (Å²) in [5.41, 5.74) is 6.04. The molecule has 0 spiro atoms. The molecule has 1 aromatic carbocycles. The number of nitrogens with two attached hydrogens (primary N) is 1. The highest BCUT2D eigenvalue weighted by atomic mass is 79.9. The van der Waals surface area contributed by atoms with Crippen LogP contribution in [0.3, 0.4) is 0 Å². The normalized spacial score (nSPS) is 10.6. The number of hydrogen-bond acceptors (Lipinski definition) is 3. The second-order valence-electron chi connectivity index (χ2n) is 3.58. The van der Waals surface area contributed by atoms with Crippen LogP contribution in [0.25, 0.3) is 0 Å². The molecule has 2 rings (SSSR count). The Hall–Kier alpha value is -1.63. The van der Waals surface area contributed by atoms with E-state index in [4.69, 9.17) is 10.5 Å². The van der Waals surface area contributed by atoms with Gasteiger partial charge in [0.15, 0.2) is 11.6 Å². The van der Waals surface area contributed by atoms with Gasteiger partial charge in [-0.25, -0.2) is 8.78 Å². The summed E-state index contributed by atoms with van der Waals surface area (Å²) in [4.78, 5) is 0. The Balaban J connectivity index is 1.98. The fourth-order valence-electron chi connectivity index (χ4n) is 1.41. The topological polar surface area (TPSA) is 53.1 Å². The molecule has 18 heavy (non-hydrogen) atoms. The summed E-state index contributed by atoms with van der Waals surface area (Å²) in [7, 11) is 0. The van der Waals surface area contributed by atoms with Gasteiger partial charge >= 0.3 is 0 Å². The van der Waals surface area contributed by atoms with E-state index in [2.05, 4.69) is 21.0 Å². The lowest BCUT2D eigenvalue weighted by molar-refractivity contribution is 0.275. The van der Waals surface area contributed by atoms with Crippen molar-refractivity contribution in [3.05, 3.63) is 40.6 Å². The van der Waals surface area contributed by atoms with Gasteiger partial charge in [0, 0.05) is 12.3 Å². The van der Waals surface area contributed by atoms with Gasteiger partial charge in [-0.2, -0.15) is 5.10 Å². The third-order valence-corrected chi connectivity index (χ3v) is 2.77. The van der Waals surface area contributed by atoms with Crippen LogP contribution in [0.5, 0.6) is 5.75 Å². The number of aromatic nitrogens is 2. The van der Waals surface area contributed by atoms with Crippen LogP contribution in [0.2, 0.25) is 0 Å². The number of rotatable bonds is 4. The van der Waals surface area contributed by atoms with Crippen LogP contribution in [0.15, 0.2) is 29.0 Å². The zero-order chi connectivity index (χ0) is 13.1. The van der Waals surface area contributed by atoms with Gasteiger partial charge in [-0.3, -0.25) is 4.68 Å². The fraction of sp³-hybridized carbons (Fsp3) is 0.182. The van der Waals surface area contributed by atoms with Crippen molar-refractivity contribution in [2.24, 2.45) is 0 Å². The number of ether oxygens (including phenoxy) is 1. The molecule has 0 saturated heterocycles. The molecule has 0 unspecified atom stereocenters. The van der Waals surface area contributed by atoms with Crippen LogP contribution in [0.4, 0.5) is 14.5 Å². The maximum absolute atomic E-state index is 13.4. The van der Waals surface area contributed by atoms with E-state index in [1.807, 2.05) is 0 Å². The summed E-state index contributed by atoms with van der Waals surface area (Å²) in [6.07, 6.45) is 3.15. The molecular formula is C11H10BrF2N3O. The van der Waals surface area contributed by atoms with Crippen LogP contribution in [0, 0.1) is 11.6 Å². The Kier molecular flexibility index (Phi) is 3.81. The zero-order valence-electron chi connectivity index (χ0n) is 9.24. The van der Waals surface area contributed by atoms with Crippen LogP contribution in [0.1, 0.15) is 0 Å². The summed E-state index contributed by atoms with van der Waals surface area (Å²) in [5, 5.41) is 3.95. The molecule has 7 heteroatoms. The van der Waals surface area contributed by atoms with E-state index in [1.54, 1.807) is 10.9 Å². The van der Waals surface area contributed by atoms with Crippen molar-refractivity contribution in [1.82, 2.24) is 9.78 Å². The molecule has 2 N–H and O–H groups in total. The van der Waals surface area contributed by atoms with E-state index in [9.17, 15) is 8.78 Å². The van der Waals surface area contributed by atoms with Crippen molar-refractivity contribution < 1.29 is 13.5 Å². The summed E-state index contributed by atoms with van der Waals surface area (Å²) < 4.78 is 33.3. The summed E-state index contributed by atoms with van der Waals surface area (Å²) in [5.74, 6) is -1.43. The number of halogens is 3. The molecule has 2 aromatic rings. The van der Waals surface area contributed by atoms with Crippen LogP contribution < -0.4 is 10.5 Å². The molecule has 1 heterocycles. The highest BCUT2D eigenvalue weighted by Crippen LogP contribution is 2.29. The zero-order valence-corrected chi connectivity index (χ0v) is 10.8. The summed E-state index contributed by atoms with van der Waals surface area (Å²) in [6.45, 7) is 0.614. The number of benzene rings is 1.